The minimum atomic E-state index is -1.13. The lowest BCUT2D eigenvalue weighted by molar-refractivity contribution is 0.0696. The highest BCUT2D eigenvalue weighted by molar-refractivity contribution is 5.93. The summed E-state index contributed by atoms with van der Waals surface area (Å²) < 4.78 is 0. The molecular formula is C15H20N2O4. The molecular weight excluding hydrogens is 272 g/mol. The molecule has 0 radical (unpaired) electrons. The van der Waals surface area contributed by atoms with Crippen LogP contribution < -0.4 is 10.6 Å². The highest BCUT2D eigenvalue weighted by Crippen LogP contribution is 2.30. The predicted octanol–water partition coefficient (Wildman–Crippen LogP) is 2.65. The van der Waals surface area contributed by atoms with Gasteiger partial charge in [0.1, 0.15) is 5.75 Å². The van der Waals surface area contributed by atoms with Crippen LogP contribution in [0.2, 0.25) is 0 Å². The zero-order chi connectivity index (χ0) is 15.4. The van der Waals surface area contributed by atoms with Gasteiger partial charge < -0.3 is 20.8 Å². The van der Waals surface area contributed by atoms with Crippen molar-refractivity contribution in [3.05, 3.63) is 23.8 Å². The zero-order valence-electron chi connectivity index (χ0n) is 11.9. The number of carbonyl (C=O) groups is 2. The highest BCUT2D eigenvalue weighted by Gasteiger charge is 2.23. The molecule has 6 heteroatoms. The molecule has 6 nitrogen and oxygen atoms in total. The van der Waals surface area contributed by atoms with Crippen molar-refractivity contribution in [2.24, 2.45) is 11.8 Å². The van der Waals surface area contributed by atoms with Gasteiger partial charge >= 0.3 is 12.0 Å². The molecule has 4 N–H and O–H groups in total. The van der Waals surface area contributed by atoms with Gasteiger partial charge in [-0.25, -0.2) is 9.59 Å². The molecule has 1 aliphatic rings. The van der Waals surface area contributed by atoms with Gasteiger partial charge in [0.2, 0.25) is 0 Å². The second kappa shape index (κ2) is 6.47. The van der Waals surface area contributed by atoms with E-state index < -0.39 is 12.0 Å². The van der Waals surface area contributed by atoms with E-state index in [4.69, 9.17) is 5.11 Å². The molecule has 114 valence electrons. The summed E-state index contributed by atoms with van der Waals surface area (Å²) in [6.07, 6.45) is 3.53. The van der Waals surface area contributed by atoms with Crippen LogP contribution in [0.5, 0.6) is 5.75 Å². The molecule has 0 bridgehead atoms. The Balaban J connectivity index is 1.89. The van der Waals surface area contributed by atoms with Crippen molar-refractivity contribution in [2.45, 2.75) is 26.2 Å². The largest absolute Gasteiger partial charge is 0.506 e. The molecule has 1 fully saturated rings. The lowest BCUT2D eigenvalue weighted by atomic mass is 9.98. The number of rotatable bonds is 4. The van der Waals surface area contributed by atoms with Crippen LogP contribution in [0.25, 0.3) is 0 Å². The first-order valence-corrected chi connectivity index (χ1v) is 7.08. The third-order valence-corrected chi connectivity index (χ3v) is 4.06. The van der Waals surface area contributed by atoms with E-state index >= 15 is 0 Å². The lowest BCUT2D eigenvalue weighted by Gasteiger charge is -2.16. The highest BCUT2D eigenvalue weighted by atomic mass is 16.4. The Morgan fingerprint density at radius 2 is 2.10 bits per heavy atom. The summed E-state index contributed by atoms with van der Waals surface area (Å²) in [4.78, 5) is 22.6. The number of urea groups is 1. The summed E-state index contributed by atoms with van der Waals surface area (Å²) in [5.74, 6) is -0.275. The first-order valence-electron chi connectivity index (χ1n) is 7.08. The number of hydrogen-bond acceptors (Lipinski definition) is 3. The number of anilines is 1. The van der Waals surface area contributed by atoms with Crippen molar-refractivity contribution < 1.29 is 19.8 Å². The average molecular weight is 292 g/mol. The van der Waals surface area contributed by atoms with Gasteiger partial charge in [-0.05, 0) is 36.5 Å². The molecule has 1 aromatic rings. The van der Waals surface area contributed by atoms with Crippen LogP contribution in [0, 0.1) is 11.8 Å². The maximum atomic E-state index is 11.8. The van der Waals surface area contributed by atoms with E-state index in [1.807, 2.05) is 0 Å². The van der Waals surface area contributed by atoms with Crippen molar-refractivity contribution in [3.63, 3.8) is 0 Å². The van der Waals surface area contributed by atoms with E-state index in [-0.39, 0.29) is 17.0 Å². The smallest absolute Gasteiger partial charge is 0.335 e. The molecule has 0 saturated heterocycles. The fourth-order valence-electron chi connectivity index (χ4n) is 2.69. The van der Waals surface area contributed by atoms with Crippen LogP contribution in [0.4, 0.5) is 10.5 Å². The molecule has 2 amide bonds. The second-order valence-corrected chi connectivity index (χ2v) is 5.54. The Morgan fingerprint density at radius 1 is 1.33 bits per heavy atom. The van der Waals surface area contributed by atoms with Crippen LogP contribution >= 0.6 is 0 Å². The van der Waals surface area contributed by atoms with Gasteiger partial charge in [0, 0.05) is 6.54 Å². The molecule has 0 aliphatic heterocycles. The molecule has 0 aromatic heterocycles. The number of aromatic hydroxyl groups is 1. The van der Waals surface area contributed by atoms with Gasteiger partial charge in [0.05, 0.1) is 11.3 Å². The lowest BCUT2D eigenvalue weighted by Crippen LogP contribution is -2.33. The van der Waals surface area contributed by atoms with Gasteiger partial charge in [-0.1, -0.05) is 19.8 Å². The predicted molar refractivity (Wildman–Crippen MR) is 78.6 cm³/mol. The summed E-state index contributed by atoms with van der Waals surface area (Å²) in [5, 5.41) is 23.8. The number of nitrogens with one attached hydrogen (secondary N) is 2. The number of carboxylic acid groups (broad SMARTS) is 1. The third kappa shape index (κ3) is 3.87. The number of benzene rings is 1. The van der Waals surface area contributed by atoms with Crippen LogP contribution in [-0.4, -0.2) is 28.8 Å². The zero-order valence-corrected chi connectivity index (χ0v) is 11.9. The van der Waals surface area contributed by atoms with Crippen molar-refractivity contribution >= 4 is 17.7 Å². The van der Waals surface area contributed by atoms with E-state index in [0.717, 1.165) is 12.5 Å². The van der Waals surface area contributed by atoms with Crippen molar-refractivity contribution in [2.75, 3.05) is 11.9 Å². The summed E-state index contributed by atoms with van der Waals surface area (Å²) in [5.41, 5.74) is 0.162. The maximum Gasteiger partial charge on any atom is 0.335 e. The SMILES string of the molecule is CC1CCCC1CNC(=O)Nc1ccc(C(=O)O)cc1O. The first kappa shape index (κ1) is 15.2. The molecule has 21 heavy (non-hydrogen) atoms. The Kier molecular flexibility index (Phi) is 4.67. The number of aromatic carboxylic acids is 1. The Hall–Kier alpha value is -2.24. The molecule has 1 aliphatic carbocycles. The monoisotopic (exact) mass is 292 g/mol. The van der Waals surface area contributed by atoms with E-state index in [1.54, 1.807) is 0 Å². The fraction of sp³-hybridized carbons (Fsp3) is 0.467. The van der Waals surface area contributed by atoms with Crippen LogP contribution in [0.1, 0.15) is 36.5 Å². The number of carbonyl (C=O) groups excluding carboxylic acids is 1. The molecule has 2 atom stereocenters. The van der Waals surface area contributed by atoms with Gasteiger partial charge in [0.15, 0.2) is 0 Å². The minimum absolute atomic E-state index is 0.0294. The normalized spacial score (nSPS) is 21.0. The summed E-state index contributed by atoms with van der Waals surface area (Å²) in [7, 11) is 0. The van der Waals surface area contributed by atoms with Crippen LogP contribution in [0.3, 0.4) is 0 Å². The minimum Gasteiger partial charge on any atom is -0.506 e. The topological polar surface area (TPSA) is 98.7 Å². The summed E-state index contributed by atoms with van der Waals surface area (Å²) in [6, 6.07) is 3.41. The van der Waals surface area contributed by atoms with E-state index in [1.165, 1.54) is 25.0 Å². The molecule has 1 aromatic carbocycles. The first-order chi connectivity index (χ1) is 9.97. The fourth-order valence-corrected chi connectivity index (χ4v) is 2.69. The number of hydrogen-bond donors (Lipinski definition) is 4. The number of phenols is 1. The van der Waals surface area contributed by atoms with Gasteiger partial charge in [-0.2, -0.15) is 0 Å². The molecule has 1 saturated carbocycles. The average Bonchev–Trinajstić information content (AvgIpc) is 2.84. The van der Waals surface area contributed by atoms with Crippen LogP contribution in [-0.2, 0) is 0 Å². The summed E-state index contributed by atoms with van der Waals surface area (Å²) >= 11 is 0. The van der Waals surface area contributed by atoms with Crippen molar-refractivity contribution in [1.82, 2.24) is 5.32 Å². The van der Waals surface area contributed by atoms with Gasteiger partial charge in [-0.15, -0.1) is 0 Å². The van der Waals surface area contributed by atoms with Crippen molar-refractivity contribution in [3.8, 4) is 5.75 Å². The molecule has 2 unspecified atom stereocenters. The van der Waals surface area contributed by atoms with E-state index in [2.05, 4.69) is 17.6 Å². The third-order valence-electron chi connectivity index (χ3n) is 4.06. The number of phenolic OH excluding ortho intramolecular Hbond substituents is 1. The number of amides is 2. The van der Waals surface area contributed by atoms with Gasteiger partial charge in [-0.3, -0.25) is 0 Å². The van der Waals surface area contributed by atoms with Crippen LogP contribution in [0.15, 0.2) is 18.2 Å². The molecule has 2 rings (SSSR count). The molecule has 0 spiro atoms. The van der Waals surface area contributed by atoms with E-state index in [9.17, 15) is 14.7 Å². The quantitative estimate of drug-likeness (QED) is 0.641. The Morgan fingerprint density at radius 3 is 2.67 bits per heavy atom. The number of carboxylic acids is 1. The summed E-state index contributed by atoms with van der Waals surface area (Å²) in [6.45, 7) is 2.80. The van der Waals surface area contributed by atoms with Gasteiger partial charge in [0.25, 0.3) is 0 Å². The van der Waals surface area contributed by atoms with Crippen molar-refractivity contribution in [1.29, 1.82) is 0 Å². The van der Waals surface area contributed by atoms with E-state index in [0.29, 0.717) is 18.4 Å². The standard InChI is InChI=1S/C15H20N2O4/c1-9-3-2-4-11(9)8-16-15(21)17-12-6-5-10(14(19)20)7-13(12)18/h5-7,9,11,18H,2-4,8H2,1H3,(H,19,20)(H2,16,17,21). The molecule has 0 heterocycles. The Labute approximate surface area is 123 Å². The maximum absolute atomic E-state index is 11.8. The Bertz CT molecular complexity index is 544. The second-order valence-electron chi connectivity index (χ2n) is 5.54.